The highest BCUT2D eigenvalue weighted by atomic mass is 32.1. The van der Waals surface area contributed by atoms with E-state index in [9.17, 15) is 9.59 Å². The molecule has 29 heavy (non-hydrogen) atoms. The largest absolute Gasteiger partial charge is 0.376 e. The summed E-state index contributed by atoms with van der Waals surface area (Å²) in [5.41, 5.74) is 3.00. The van der Waals surface area contributed by atoms with Gasteiger partial charge in [0.05, 0.1) is 23.8 Å². The molecule has 1 heterocycles. The predicted octanol–water partition coefficient (Wildman–Crippen LogP) is 2.96. The first-order chi connectivity index (χ1) is 14.0. The summed E-state index contributed by atoms with van der Waals surface area (Å²) in [4.78, 5) is 24.9. The Morgan fingerprint density at radius 1 is 1.14 bits per heavy atom. The van der Waals surface area contributed by atoms with Crippen LogP contribution in [0.3, 0.4) is 0 Å². The Morgan fingerprint density at radius 2 is 1.90 bits per heavy atom. The number of para-hydroxylation sites is 1. The Balaban J connectivity index is 1.56. The molecule has 152 valence electrons. The van der Waals surface area contributed by atoms with E-state index in [2.05, 4.69) is 16.0 Å². The molecule has 0 spiro atoms. The normalized spacial score (nSPS) is 15.6. The molecule has 0 aromatic heterocycles. The number of amides is 2. The number of hydrogen-bond acceptors (Lipinski definition) is 4. The molecule has 0 radical (unpaired) electrons. The second kappa shape index (κ2) is 10.1. The molecule has 7 heteroatoms. The summed E-state index contributed by atoms with van der Waals surface area (Å²) in [6.45, 7) is 3.19. The molecule has 1 aliphatic rings. The van der Waals surface area contributed by atoms with Gasteiger partial charge in [-0.3, -0.25) is 9.59 Å². The number of hydrogen-bond donors (Lipinski definition) is 3. The van der Waals surface area contributed by atoms with E-state index in [0.717, 1.165) is 30.6 Å². The van der Waals surface area contributed by atoms with Crippen molar-refractivity contribution in [2.45, 2.75) is 32.3 Å². The molecule has 1 atom stereocenters. The van der Waals surface area contributed by atoms with Crippen molar-refractivity contribution in [3.05, 3.63) is 65.2 Å². The molecule has 1 aliphatic heterocycles. The van der Waals surface area contributed by atoms with Gasteiger partial charge in [0.2, 0.25) is 5.91 Å². The first kappa shape index (κ1) is 21.0. The average molecular weight is 412 g/mol. The summed E-state index contributed by atoms with van der Waals surface area (Å²) in [5.74, 6) is -0.422. The van der Waals surface area contributed by atoms with Gasteiger partial charge in [0.25, 0.3) is 5.91 Å². The Morgan fingerprint density at radius 3 is 2.66 bits per heavy atom. The highest BCUT2D eigenvalue weighted by Gasteiger charge is 2.18. The van der Waals surface area contributed by atoms with Gasteiger partial charge in [0.15, 0.2) is 5.11 Å². The predicted molar refractivity (Wildman–Crippen MR) is 117 cm³/mol. The van der Waals surface area contributed by atoms with Crippen LogP contribution < -0.4 is 16.0 Å². The van der Waals surface area contributed by atoms with Gasteiger partial charge in [-0.15, -0.1) is 0 Å². The summed E-state index contributed by atoms with van der Waals surface area (Å²) >= 11 is 5.26. The fraction of sp³-hybridized carbons (Fsp3) is 0.318. The molecule has 2 aromatic carbocycles. The molecule has 0 bridgehead atoms. The number of rotatable bonds is 6. The van der Waals surface area contributed by atoms with Crippen LogP contribution in [0, 0.1) is 6.92 Å². The van der Waals surface area contributed by atoms with Crippen molar-refractivity contribution in [2.24, 2.45) is 0 Å². The number of thiocarbonyl (C=S) groups is 1. The number of anilines is 1. The van der Waals surface area contributed by atoms with Crippen molar-refractivity contribution in [1.82, 2.24) is 10.6 Å². The highest BCUT2D eigenvalue weighted by Crippen LogP contribution is 2.16. The summed E-state index contributed by atoms with van der Waals surface area (Å²) < 4.78 is 5.54. The summed E-state index contributed by atoms with van der Waals surface area (Å²) in [6.07, 6.45) is 2.28. The van der Waals surface area contributed by atoms with Crippen LogP contribution in [0.25, 0.3) is 0 Å². The lowest BCUT2D eigenvalue weighted by Gasteiger charge is -2.15. The molecular formula is C22H25N3O3S. The van der Waals surface area contributed by atoms with Crippen LogP contribution in [0.4, 0.5) is 5.69 Å². The number of benzene rings is 2. The maximum atomic E-state index is 12.6. The topological polar surface area (TPSA) is 79.5 Å². The van der Waals surface area contributed by atoms with E-state index in [0.29, 0.717) is 17.8 Å². The number of aryl methyl sites for hydroxylation is 1. The van der Waals surface area contributed by atoms with Crippen molar-refractivity contribution >= 4 is 34.8 Å². The minimum Gasteiger partial charge on any atom is -0.376 e. The fourth-order valence-electron chi connectivity index (χ4n) is 3.20. The first-order valence-electron chi connectivity index (χ1n) is 9.67. The van der Waals surface area contributed by atoms with E-state index < -0.39 is 0 Å². The Labute approximate surface area is 176 Å². The maximum Gasteiger partial charge on any atom is 0.253 e. The molecule has 1 unspecified atom stereocenters. The maximum absolute atomic E-state index is 12.6. The molecule has 0 saturated carbocycles. The first-order valence-corrected chi connectivity index (χ1v) is 10.1. The Bertz CT molecular complexity index is 894. The molecular weight excluding hydrogens is 386 g/mol. The van der Waals surface area contributed by atoms with E-state index in [1.54, 1.807) is 24.3 Å². The van der Waals surface area contributed by atoms with Crippen molar-refractivity contribution in [3.8, 4) is 0 Å². The standard InChI is InChI=1S/C22H25N3O3S/c1-15-7-2-3-8-16(15)13-20(26)25-22(29)24-19-11-5-4-10-18(19)21(27)23-14-17-9-6-12-28-17/h2-5,7-8,10-11,17H,6,9,12-14H2,1H3,(H,23,27)(H2,24,25,26,29). The molecule has 1 fully saturated rings. The molecule has 2 aromatic rings. The summed E-state index contributed by atoms with van der Waals surface area (Å²) in [5, 5.41) is 8.69. The van der Waals surface area contributed by atoms with Crippen LogP contribution >= 0.6 is 12.2 Å². The van der Waals surface area contributed by atoms with E-state index in [1.165, 1.54) is 0 Å². The molecule has 6 nitrogen and oxygen atoms in total. The zero-order valence-corrected chi connectivity index (χ0v) is 17.2. The van der Waals surface area contributed by atoms with Gasteiger partial charge in [0.1, 0.15) is 0 Å². The van der Waals surface area contributed by atoms with Gasteiger partial charge in [-0.25, -0.2) is 0 Å². The summed E-state index contributed by atoms with van der Waals surface area (Å²) in [7, 11) is 0. The molecule has 2 amide bonds. The summed E-state index contributed by atoms with van der Waals surface area (Å²) in [6, 6.07) is 14.8. The number of carbonyl (C=O) groups excluding carboxylic acids is 2. The quantitative estimate of drug-likeness (QED) is 0.637. The number of nitrogens with one attached hydrogen (secondary N) is 3. The van der Waals surface area contributed by atoms with E-state index in [4.69, 9.17) is 17.0 Å². The number of carbonyl (C=O) groups is 2. The third-order valence-corrected chi connectivity index (χ3v) is 5.00. The molecule has 3 rings (SSSR count). The Hall–Kier alpha value is -2.77. The van der Waals surface area contributed by atoms with E-state index >= 15 is 0 Å². The van der Waals surface area contributed by atoms with Gasteiger partial charge in [-0.1, -0.05) is 36.4 Å². The third kappa shape index (κ3) is 6.10. The highest BCUT2D eigenvalue weighted by molar-refractivity contribution is 7.80. The van der Waals surface area contributed by atoms with Gasteiger partial charge in [-0.05, 0) is 55.2 Å². The van der Waals surface area contributed by atoms with Crippen LogP contribution in [0.2, 0.25) is 0 Å². The lowest BCUT2D eigenvalue weighted by Crippen LogP contribution is -2.36. The van der Waals surface area contributed by atoms with Gasteiger partial charge in [-0.2, -0.15) is 0 Å². The zero-order chi connectivity index (χ0) is 20.6. The Kier molecular flexibility index (Phi) is 7.32. The molecule has 0 aliphatic carbocycles. The van der Waals surface area contributed by atoms with Crippen molar-refractivity contribution in [3.63, 3.8) is 0 Å². The van der Waals surface area contributed by atoms with Crippen LogP contribution in [0.15, 0.2) is 48.5 Å². The smallest absolute Gasteiger partial charge is 0.253 e. The molecule has 3 N–H and O–H groups in total. The third-order valence-electron chi connectivity index (χ3n) is 4.80. The minimum absolute atomic E-state index is 0.0703. The monoisotopic (exact) mass is 411 g/mol. The SMILES string of the molecule is Cc1ccccc1CC(=O)NC(=S)Nc1ccccc1C(=O)NCC1CCCO1. The second-order valence-corrected chi connectivity index (χ2v) is 7.40. The van der Waals surface area contributed by atoms with Crippen molar-refractivity contribution < 1.29 is 14.3 Å². The van der Waals surface area contributed by atoms with Gasteiger partial charge >= 0.3 is 0 Å². The van der Waals surface area contributed by atoms with E-state index in [-0.39, 0.29) is 29.5 Å². The minimum atomic E-state index is -0.211. The van der Waals surface area contributed by atoms with Crippen LogP contribution in [0.5, 0.6) is 0 Å². The van der Waals surface area contributed by atoms with Crippen molar-refractivity contribution in [1.29, 1.82) is 0 Å². The van der Waals surface area contributed by atoms with Gasteiger partial charge < -0.3 is 20.7 Å². The lowest BCUT2D eigenvalue weighted by molar-refractivity contribution is -0.119. The average Bonchev–Trinajstić information content (AvgIpc) is 3.22. The van der Waals surface area contributed by atoms with Crippen molar-refractivity contribution in [2.75, 3.05) is 18.5 Å². The van der Waals surface area contributed by atoms with Crippen LogP contribution in [0.1, 0.15) is 34.3 Å². The fourth-order valence-corrected chi connectivity index (χ4v) is 3.43. The lowest BCUT2D eigenvalue weighted by atomic mass is 10.1. The zero-order valence-electron chi connectivity index (χ0n) is 16.4. The molecule has 1 saturated heterocycles. The van der Waals surface area contributed by atoms with E-state index in [1.807, 2.05) is 31.2 Å². The number of ether oxygens (including phenoxy) is 1. The second-order valence-electron chi connectivity index (χ2n) is 7.00. The van der Waals surface area contributed by atoms with Crippen LogP contribution in [-0.2, 0) is 16.0 Å². The van der Waals surface area contributed by atoms with Gasteiger partial charge in [0, 0.05) is 13.2 Å². The van der Waals surface area contributed by atoms with Crippen LogP contribution in [-0.4, -0.2) is 36.2 Å².